The van der Waals surface area contributed by atoms with Gasteiger partial charge in [-0.25, -0.2) is 4.79 Å². The zero-order valence-corrected chi connectivity index (χ0v) is 20.7. The molecule has 4 rings (SSSR count). The molecule has 1 aromatic rings. The second-order valence-electron chi connectivity index (χ2n) is 11.8. The van der Waals surface area contributed by atoms with Crippen molar-refractivity contribution in [1.29, 1.82) is 0 Å². The molecule has 2 aliphatic heterocycles. The van der Waals surface area contributed by atoms with Crippen LogP contribution in [-0.4, -0.2) is 54.1 Å². The Labute approximate surface area is 193 Å². The molecule has 1 aliphatic carbocycles. The van der Waals surface area contributed by atoms with Crippen LogP contribution in [0.25, 0.3) is 0 Å². The van der Waals surface area contributed by atoms with Gasteiger partial charge in [0.1, 0.15) is 11.4 Å². The molecule has 1 amide bonds. The summed E-state index contributed by atoms with van der Waals surface area (Å²) in [6, 6.07) is 8.09. The molecule has 3 aliphatic rings. The SMILES string of the molecule is CC(C)(C)OC(=O)N1CCC2(CC1)CC(Oc1ccc(B3OC(C)(C)C(C)(C)O3)cc1)C2. The lowest BCUT2D eigenvalue weighted by atomic mass is 9.61. The Balaban J connectivity index is 1.24. The Morgan fingerprint density at radius 1 is 1.00 bits per heavy atom. The molecule has 7 heteroatoms. The number of likely N-dealkylation sites (tertiary alicyclic amines) is 1. The lowest BCUT2D eigenvalue weighted by molar-refractivity contribution is -0.0582. The topological polar surface area (TPSA) is 57.2 Å². The first-order chi connectivity index (χ1) is 14.8. The van der Waals surface area contributed by atoms with Crippen LogP contribution in [0.5, 0.6) is 5.75 Å². The van der Waals surface area contributed by atoms with Gasteiger partial charge >= 0.3 is 13.2 Å². The van der Waals surface area contributed by atoms with Gasteiger partial charge < -0.3 is 23.7 Å². The highest BCUT2D eigenvalue weighted by atomic mass is 16.7. The lowest BCUT2D eigenvalue weighted by Crippen LogP contribution is -2.52. The van der Waals surface area contributed by atoms with Gasteiger partial charge in [0, 0.05) is 13.1 Å². The van der Waals surface area contributed by atoms with Crippen molar-refractivity contribution in [3.8, 4) is 5.75 Å². The minimum Gasteiger partial charge on any atom is -0.490 e. The molecule has 3 fully saturated rings. The van der Waals surface area contributed by atoms with E-state index in [0.717, 1.165) is 50.0 Å². The van der Waals surface area contributed by atoms with Crippen LogP contribution in [0, 0.1) is 5.41 Å². The molecule has 176 valence electrons. The standard InChI is InChI=1S/C25H38BNO5/c1-22(2,3)30-21(28)27-14-12-25(13-15-27)16-20(17-25)29-19-10-8-18(9-11-19)26-31-23(4,5)24(6,7)32-26/h8-11,20H,12-17H2,1-7H3. The summed E-state index contributed by atoms with van der Waals surface area (Å²) in [6.45, 7) is 15.5. The van der Waals surface area contributed by atoms with E-state index in [1.807, 2.05) is 49.9 Å². The lowest BCUT2D eigenvalue weighted by Gasteiger charge is -2.51. The van der Waals surface area contributed by atoms with Gasteiger partial charge in [0.05, 0.1) is 17.3 Å². The highest BCUT2D eigenvalue weighted by Gasteiger charge is 2.52. The molecule has 2 heterocycles. The summed E-state index contributed by atoms with van der Waals surface area (Å²) in [5.41, 5.74) is 0.194. The van der Waals surface area contributed by atoms with Crippen LogP contribution in [-0.2, 0) is 14.0 Å². The van der Waals surface area contributed by atoms with E-state index in [1.54, 1.807) is 0 Å². The zero-order valence-electron chi connectivity index (χ0n) is 20.7. The summed E-state index contributed by atoms with van der Waals surface area (Å²) >= 11 is 0. The van der Waals surface area contributed by atoms with Crippen LogP contribution in [0.4, 0.5) is 4.79 Å². The molecular weight excluding hydrogens is 405 g/mol. The number of hydrogen-bond donors (Lipinski definition) is 0. The quantitative estimate of drug-likeness (QED) is 0.642. The number of benzene rings is 1. The summed E-state index contributed by atoms with van der Waals surface area (Å²) in [6.07, 6.45) is 4.19. The minimum atomic E-state index is -0.445. The van der Waals surface area contributed by atoms with Crippen LogP contribution < -0.4 is 10.2 Å². The van der Waals surface area contributed by atoms with Gasteiger partial charge in [0.2, 0.25) is 0 Å². The van der Waals surface area contributed by atoms with Crippen LogP contribution in [0.15, 0.2) is 24.3 Å². The van der Waals surface area contributed by atoms with Crippen LogP contribution >= 0.6 is 0 Å². The maximum absolute atomic E-state index is 12.3. The van der Waals surface area contributed by atoms with Crippen molar-refractivity contribution in [1.82, 2.24) is 4.90 Å². The van der Waals surface area contributed by atoms with E-state index in [0.29, 0.717) is 5.41 Å². The summed E-state index contributed by atoms with van der Waals surface area (Å²) in [4.78, 5) is 14.1. The Hall–Kier alpha value is -1.73. The molecule has 0 unspecified atom stereocenters. The predicted molar refractivity (Wildman–Crippen MR) is 125 cm³/mol. The van der Waals surface area contributed by atoms with Gasteiger partial charge in [-0.1, -0.05) is 12.1 Å². The zero-order chi connectivity index (χ0) is 23.4. The first-order valence-corrected chi connectivity index (χ1v) is 11.9. The van der Waals surface area contributed by atoms with Crippen molar-refractivity contribution in [2.24, 2.45) is 5.41 Å². The number of ether oxygens (including phenoxy) is 2. The minimum absolute atomic E-state index is 0.193. The maximum atomic E-state index is 12.3. The highest BCUT2D eigenvalue weighted by molar-refractivity contribution is 6.62. The normalized spacial score (nSPS) is 24.3. The van der Waals surface area contributed by atoms with Crippen molar-refractivity contribution < 1.29 is 23.6 Å². The third kappa shape index (κ3) is 4.79. The summed E-state index contributed by atoms with van der Waals surface area (Å²) in [5.74, 6) is 0.885. The molecule has 1 aromatic carbocycles. The third-order valence-corrected chi connectivity index (χ3v) is 7.51. The summed E-state index contributed by atoms with van der Waals surface area (Å²) in [7, 11) is -0.351. The first-order valence-electron chi connectivity index (χ1n) is 11.9. The third-order valence-electron chi connectivity index (χ3n) is 7.51. The number of nitrogens with zero attached hydrogens (tertiary/aromatic N) is 1. The number of carbonyl (C=O) groups excluding carboxylic acids is 1. The molecule has 0 aromatic heterocycles. The number of piperidine rings is 1. The molecule has 2 saturated heterocycles. The number of amides is 1. The van der Waals surface area contributed by atoms with Gasteiger partial charge in [-0.15, -0.1) is 0 Å². The number of carbonyl (C=O) groups is 1. The van der Waals surface area contributed by atoms with E-state index in [4.69, 9.17) is 18.8 Å². The van der Waals surface area contributed by atoms with E-state index in [2.05, 4.69) is 27.7 Å². The molecular formula is C25H38BNO5. The van der Waals surface area contributed by atoms with Crippen molar-refractivity contribution >= 4 is 18.7 Å². The largest absolute Gasteiger partial charge is 0.494 e. The molecule has 0 radical (unpaired) electrons. The smallest absolute Gasteiger partial charge is 0.490 e. The Morgan fingerprint density at radius 2 is 1.53 bits per heavy atom. The average Bonchev–Trinajstić information content (AvgIpc) is 2.87. The predicted octanol–water partition coefficient (Wildman–Crippen LogP) is 4.54. The van der Waals surface area contributed by atoms with Crippen LogP contribution in [0.2, 0.25) is 0 Å². The van der Waals surface area contributed by atoms with Crippen molar-refractivity contribution in [3.63, 3.8) is 0 Å². The van der Waals surface area contributed by atoms with Crippen LogP contribution in [0.3, 0.4) is 0 Å². The molecule has 0 bridgehead atoms. The molecule has 0 N–H and O–H groups in total. The molecule has 6 nitrogen and oxygen atoms in total. The average molecular weight is 443 g/mol. The van der Waals surface area contributed by atoms with E-state index in [1.165, 1.54) is 0 Å². The number of rotatable bonds is 3. The molecule has 32 heavy (non-hydrogen) atoms. The van der Waals surface area contributed by atoms with Gasteiger partial charge in [-0.05, 0) is 97.2 Å². The number of hydrogen-bond acceptors (Lipinski definition) is 5. The van der Waals surface area contributed by atoms with E-state index >= 15 is 0 Å². The highest BCUT2D eigenvalue weighted by Crippen LogP contribution is 2.50. The van der Waals surface area contributed by atoms with Crippen molar-refractivity contribution in [3.05, 3.63) is 24.3 Å². The van der Waals surface area contributed by atoms with E-state index in [9.17, 15) is 4.79 Å². The van der Waals surface area contributed by atoms with Crippen LogP contribution in [0.1, 0.15) is 74.1 Å². The second-order valence-corrected chi connectivity index (χ2v) is 11.8. The summed E-state index contributed by atoms with van der Waals surface area (Å²) in [5, 5.41) is 0. The van der Waals surface area contributed by atoms with Gasteiger partial charge in [0.25, 0.3) is 0 Å². The fourth-order valence-electron chi connectivity index (χ4n) is 4.76. The second kappa shape index (κ2) is 7.95. The molecule has 0 atom stereocenters. The van der Waals surface area contributed by atoms with E-state index in [-0.39, 0.29) is 30.5 Å². The molecule has 1 saturated carbocycles. The Kier molecular flexibility index (Phi) is 5.82. The van der Waals surface area contributed by atoms with Gasteiger partial charge in [-0.2, -0.15) is 0 Å². The molecule has 1 spiro atoms. The fraction of sp³-hybridized carbons (Fsp3) is 0.720. The van der Waals surface area contributed by atoms with Gasteiger partial charge in [-0.3, -0.25) is 0 Å². The fourth-order valence-corrected chi connectivity index (χ4v) is 4.76. The van der Waals surface area contributed by atoms with Crippen molar-refractivity contribution in [2.75, 3.05) is 13.1 Å². The maximum Gasteiger partial charge on any atom is 0.494 e. The van der Waals surface area contributed by atoms with Crippen molar-refractivity contribution in [2.45, 2.75) is 97.1 Å². The monoisotopic (exact) mass is 443 g/mol. The first kappa shape index (κ1) is 23.4. The Morgan fingerprint density at radius 3 is 2.03 bits per heavy atom. The van der Waals surface area contributed by atoms with Gasteiger partial charge in [0.15, 0.2) is 0 Å². The summed E-state index contributed by atoms with van der Waals surface area (Å²) < 4.78 is 24.0. The Bertz CT molecular complexity index is 813. The van der Waals surface area contributed by atoms with E-state index < -0.39 is 5.60 Å².